The largest absolute Gasteiger partial charge is 0.338 e. The van der Waals surface area contributed by atoms with Crippen LogP contribution in [0.2, 0.25) is 0 Å². The highest BCUT2D eigenvalue weighted by Gasteiger charge is 2.06. The first-order valence-corrected chi connectivity index (χ1v) is 4.81. The number of rotatable bonds is 2. The van der Waals surface area contributed by atoms with Crippen LogP contribution in [0.25, 0.3) is 0 Å². The summed E-state index contributed by atoms with van der Waals surface area (Å²) in [6.07, 6.45) is 2.77. The molecule has 0 fully saturated rings. The van der Waals surface area contributed by atoms with Crippen molar-refractivity contribution in [1.29, 1.82) is 10.5 Å². The molecule has 1 aromatic heterocycles. The summed E-state index contributed by atoms with van der Waals surface area (Å²) in [5.41, 5.74) is 1.44. The molecule has 0 saturated heterocycles. The lowest BCUT2D eigenvalue weighted by molar-refractivity contribution is 1.15. The Balaban J connectivity index is 2.40. The van der Waals surface area contributed by atoms with Crippen molar-refractivity contribution in [2.75, 3.05) is 5.32 Å². The van der Waals surface area contributed by atoms with E-state index in [0.717, 1.165) is 0 Å². The average molecular weight is 221 g/mol. The maximum Gasteiger partial charge on any atom is 0.151 e. The first-order valence-electron chi connectivity index (χ1n) is 4.81. The number of para-hydroxylation sites is 1. The summed E-state index contributed by atoms with van der Waals surface area (Å²) in [5.74, 6) is 0.394. The molecule has 5 heteroatoms. The lowest BCUT2D eigenvalue weighted by Gasteiger charge is -2.07. The predicted molar refractivity (Wildman–Crippen MR) is 61.2 cm³/mol. The van der Waals surface area contributed by atoms with Gasteiger partial charge in [0.1, 0.15) is 24.0 Å². The van der Waals surface area contributed by atoms with Crippen LogP contribution in [0.5, 0.6) is 0 Å². The average Bonchev–Trinajstić information content (AvgIpc) is 2.40. The van der Waals surface area contributed by atoms with Gasteiger partial charge in [-0.15, -0.1) is 0 Å². The van der Waals surface area contributed by atoms with E-state index in [1.807, 2.05) is 6.07 Å². The van der Waals surface area contributed by atoms with Crippen molar-refractivity contribution in [3.8, 4) is 12.1 Å². The molecule has 0 atom stereocenters. The minimum Gasteiger partial charge on any atom is -0.338 e. The molecule has 80 valence electrons. The molecule has 2 rings (SSSR count). The van der Waals surface area contributed by atoms with E-state index in [0.29, 0.717) is 22.6 Å². The van der Waals surface area contributed by atoms with E-state index in [1.54, 1.807) is 24.3 Å². The Morgan fingerprint density at radius 1 is 1.06 bits per heavy atom. The van der Waals surface area contributed by atoms with Crippen LogP contribution in [0.3, 0.4) is 0 Å². The fourth-order valence-corrected chi connectivity index (χ4v) is 1.33. The molecule has 1 N–H and O–H groups in total. The third kappa shape index (κ3) is 2.19. The van der Waals surface area contributed by atoms with Crippen LogP contribution in [0.4, 0.5) is 11.5 Å². The molecule has 0 aliphatic heterocycles. The molecule has 0 bridgehead atoms. The van der Waals surface area contributed by atoms with E-state index in [9.17, 15) is 0 Å². The smallest absolute Gasteiger partial charge is 0.151 e. The van der Waals surface area contributed by atoms with E-state index >= 15 is 0 Å². The zero-order chi connectivity index (χ0) is 12.1. The molecular weight excluding hydrogens is 214 g/mol. The summed E-state index contributed by atoms with van der Waals surface area (Å²) in [6, 6.07) is 11.1. The summed E-state index contributed by atoms with van der Waals surface area (Å²) < 4.78 is 0. The van der Waals surface area contributed by atoms with E-state index < -0.39 is 0 Å². The topological polar surface area (TPSA) is 85.4 Å². The molecule has 17 heavy (non-hydrogen) atoms. The van der Waals surface area contributed by atoms with Crippen molar-refractivity contribution >= 4 is 11.5 Å². The molecule has 5 nitrogen and oxygen atoms in total. The first kappa shape index (κ1) is 10.6. The second-order valence-electron chi connectivity index (χ2n) is 3.18. The summed E-state index contributed by atoms with van der Waals surface area (Å²) >= 11 is 0. The third-order valence-electron chi connectivity index (χ3n) is 2.13. The fraction of sp³-hybridized carbons (Fsp3) is 0. The minimum atomic E-state index is 0.334. The van der Waals surface area contributed by atoms with E-state index in [4.69, 9.17) is 10.5 Å². The Hall–Kier alpha value is -2.92. The molecule has 0 amide bonds. The molecule has 1 heterocycles. The SMILES string of the molecule is N#Cc1ccccc1Nc1ncncc1C#N. The van der Waals surface area contributed by atoms with Crippen LogP contribution in [-0.2, 0) is 0 Å². The van der Waals surface area contributed by atoms with Crippen molar-refractivity contribution < 1.29 is 0 Å². The Morgan fingerprint density at radius 2 is 1.82 bits per heavy atom. The van der Waals surface area contributed by atoms with E-state index in [2.05, 4.69) is 21.4 Å². The molecule has 2 aromatic rings. The summed E-state index contributed by atoms with van der Waals surface area (Å²) in [7, 11) is 0. The summed E-state index contributed by atoms with van der Waals surface area (Å²) in [4.78, 5) is 7.73. The van der Waals surface area contributed by atoms with Crippen molar-refractivity contribution in [3.05, 3.63) is 47.9 Å². The van der Waals surface area contributed by atoms with Crippen molar-refractivity contribution in [2.45, 2.75) is 0 Å². The van der Waals surface area contributed by atoms with Gasteiger partial charge in [0, 0.05) is 0 Å². The van der Waals surface area contributed by atoms with Crippen LogP contribution >= 0.6 is 0 Å². The highest BCUT2D eigenvalue weighted by molar-refractivity contribution is 5.67. The van der Waals surface area contributed by atoms with E-state index in [-0.39, 0.29) is 0 Å². The molecule has 1 aromatic carbocycles. The number of benzene rings is 1. The molecule has 0 aliphatic carbocycles. The molecule has 0 radical (unpaired) electrons. The van der Waals surface area contributed by atoms with Crippen LogP contribution in [0.1, 0.15) is 11.1 Å². The van der Waals surface area contributed by atoms with Gasteiger partial charge in [0.05, 0.1) is 17.4 Å². The first-order chi connectivity index (χ1) is 8.35. The third-order valence-corrected chi connectivity index (χ3v) is 2.13. The lowest BCUT2D eigenvalue weighted by atomic mass is 10.2. The zero-order valence-electron chi connectivity index (χ0n) is 8.75. The standard InChI is InChI=1S/C12H7N5/c13-5-9-3-1-2-4-11(9)17-12-10(6-14)7-15-8-16-12/h1-4,7-8H,(H,15,16,17). The number of nitriles is 2. The second-order valence-corrected chi connectivity index (χ2v) is 3.18. The van der Waals surface area contributed by atoms with Crippen molar-refractivity contribution in [3.63, 3.8) is 0 Å². The normalized spacial score (nSPS) is 9.06. The Labute approximate surface area is 98.0 Å². The molecular formula is C12H7N5. The van der Waals surface area contributed by atoms with Crippen LogP contribution < -0.4 is 5.32 Å². The monoisotopic (exact) mass is 221 g/mol. The van der Waals surface area contributed by atoms with Crippen LogP contribution in [0, 0.1) is 22.7 Å². The van der Waals surface area contributed by atoms with Gasteiger partial charge in [0.15, 0.2) is 5.82 Å². The number of hydrogen-bond acceptors (Lipinski definition) is 5. The number of aromatic nitrogens is 2. The molecule has 0 aliphatic rings. The van der Waals surface area contributed by atoms with Crippen molar-refractivity contribution in [2.24, 2.45) is 0 Å². The van der Waals surface area contributed by atoms with Gasteiger partial charge in [-0.05, 0) is 12.1 Å². The number of nitrogens with zero attached hydrogens (tertiary/aromatic N) is 4. The second kappa shape index (κ2) is 4.73. The quantitative estimate of drug-likeness (QED) is 0.837. The number of nitrogens with one attached hydrogen (secondary N) is 1. The van der Waals surface area contributed by atoms with Gasteiger partial charge >= 0.3 is 0 Å². The highest BCUT2D eigenvalue weighted by Crippen LogP contribution is 2.20. The Kier molecular flexibility index (Phi) is 2.95. The lowest BCUT2D eigenvalue weighted by Crippen LogP contribution is -1.99. The summed E-state index contributed by atoms with van der Waals surface area (Å²) in [6.45, 7) is 0. The Bertz CT molecular complexity index is 566. The van der Waals surface area contributed by atoms with Gasteiger partial charge in [0.2, 0.25) is 0 Å². The molecule has 0 spiro atoms. The molecule has 0 saturated carbocycles. The van der Waals surface area contributed by atoms with E-state index in [1.165, 1.54) is 12.5 Å². The van der Waals surface area contributed by atoms with Gasteiger partial charge in [-0.1, -0.05) is 12.1 Å². The Morgan fingerprint density at radius 3 is 2.59 bits per heavy atom. The zero-order valence-corrected chi connectivity index (χ0v) is 8.75. The van der Waals surface area contributed by atoms with Gasteiger partial charge in [0.25, 0.3) is 0 Å². The van der Waals surface area contributed by atoms with Crippen molar-refractivity contribution in [1.82, 2.24) is 9.97 Å². The van der Waals surface area contributed by atoms with Gasteiger partial charge in [-0.2, -0.15) is 10.5 Å². The fourth-order valence-electron chi connectivity index (χ4n) is 1.33. The predicted octanol–water partition coefficient (Wildman–Crippen LogP) is 1.96. The van der Waals surface area contributed by atoms with Crippen LogP contribution in [0.15, 0.2) is 36.8 Å². The van der Waals surface area contributed by atoms with Gasteiger partial charge in [-0.3, -0.25) is 0 Å². The van der Waals surface area contributed by atoms with Crippen LogP contribution in [-0.4, -0.2) is 9.97 Å². The number of hydrogen-bond donors (Lipinski definition) is 1. The van der Waals surface area contributed by atoms with Gasteiger partial charge < -0.3 is 5.32 Å². The maximum atomic E-state index is 8.94. The maximum absolute atomic E-state index is 8.94. The highest BCUT2D eigenvalue weighted by atomic mass is 15.0. The molecule has 0 unspecified atom stereocenters. The van der Waals surface area contributed by atoms with Gasteiger partial charge in [-0.25, -0.2) is 9.97 Å². The summed E-state index contributed by atoms with van der Waals surface area (Å²) in [5, 5.41) is 20.8. The number of anilines is 2. The minimum absolute atomic E-state index is 0.334.